The SMILES string of the molecule is Cc1cc(-c2ccccc2)nc(SCC(=O)Nc2ccc(Cl)cc2C(=O)c2ccccc2)n1. The summed E-state index contributed by atoms with van der Waals surface area (Å²) in [6.45, 7) is 1.90. The zero-order valence-electron chi connectivity index (χ0n) is 17.8. The van der Waals surface area contributed by atoms with Gasteiger partial charge in [-0.15, -0.1) is 0 Å². The Morgan fingerprint density at radius 2 is 1.61 bits per heavy atom. The maximum absolute atomic E-state index is 13.0. The summed E-state index contributed by atoms with van der Waals surface area (Å²) in [6, 6.07) is 25.4. The van der Waals surface area contributed by atoms with Gasteiger partial charge in [0.15, 0.2) is 10.9 Å². The molecule has 0 saturated carbocycles. The lowest BCUT2D eigenvalue weighted by molar-refractivity contribution is -0.113. The van der Waals surface area contributed by atoms with Crippen LogP contribution in [0.15, 0.2) is 90.1 Å². The Balaban J connectivity index is 1.48. The number of aryl methyl sites for hydroxylation is 1. The Hall–Kier alpha value is -3.48. The Morgan fingerprint density at radius 3 is 2.33 bits per heavy atom. The van der Waals surface area contributed by atoms with Gasteiger partial charge in [-0.3, -0.25) is 9.59 Å². The maximum Gasteiger partial charge on any atom is 0.234 e. The van der Waals surface area contributed by atoms with E-state index in [0.29, 0.717) is 27.0 Å². The first-order valence-electron chi connectivity index (χ1n) is 10.2. The van der Waals surface area contributed by atoms with Gasteiger partial charge in [-0.25, -0.2) is 9.97 Å². The number of carbonyl (C=O) groups excluding carboxylic acids is 2. The topological polar surface area (TPSA) is 72.0 Å². The van der Waals surface area contributed by atoms with Gasteiger partial charge in [0.1, 0.15) is 0 Å². The average Bonchev–Trinajstić information content (AvgIpc) is 2.84. The molecule has 1 heterocycles. The number of benzene rings is 3. The van der Waals surface area contributed by atoms with E-state index in [0.717, 1.165) is 17.0 Å². The van der Waals surface area contributed by atoms with Crippen molar-refractivity contribution in [3.8, 4) is 11.3 Å². The van der Waals surface area contributed by atoms with E-state index >= 15 is 0 Å². The first-order valence-corrected chi connectivity index (χ1v) is 11.6. The Bertz CT molecular complexity index is 1300. The number of halogens is 1. The molecule has 7 heteroatoms. The van der Waals surface area contributed by atoms with E-state index < -0.39 is 0 Å². The van der Waals surface area contributed by atoms with Gasteiger partial charge in [0.25, 0.3) is 0 Å². The van der Waals surface area contributed by atoms with Crippen molar-refractivity contribution in [3.05, 3.63) is 107 Å². The fraction of sp³-hybridized carbons (Fsp3) is 0.0769. The third kappa shape index (κ3) is 5.86. The van der Waals surface area contributed by atoms with Crippen LogP contribution in [0.1, 0.15) is 21.6 Å². The molecule has 4 aromatic rings. The molecule has 1 amide bonds. The van der Waals surface area contributed by atoms with Crippen LogP contribution in [0.3, 0.4) is 0 Å². The number of hydrogen-bond acceptors (Lipinski definition) is 5. The van der Waals surface area contributed by atoms with Crippen molar-refractivity contribution in [2.45, 2.75) is 12.1 Å². The number of nitrogens with one attached hydrogen (secondary N) is 1. The van der Waals surface area contributed by atoms with E-state index in [-0.39, 0.29) is 17.4 Å². The monoisotopic (exact) mass is 473 g/mol. The number of ketones is 1. The number of aromatic nitrogens is 2. The number of carbonyl (C=O) groups is 2. The van der Waals surface area contributed by atoms with Crippen LogP contribution in [-0.4, -0.2) is 27.4 Å². The second-order valence-electron chi connectivity index (χ2n) is 7.27. The Labute approximate surface area is 201 Å². The van der Waals surface area contributed by atoms with Gasteiger partial charge >= 0.3 is 0 Å². The summed E-state index contributed by atoms with van der Waals surface area (Å²) < 4.78 is 0. The number of amides is 1. The average molecular weight is 474 g/mol. The molecule has 0 bridgehead atoms. The number of thioether (sulfide) groups is 1. The van der Waals surface area contributed by atoms with E-state index in [1.165, 1.54) is 11.8 Å². The third-order valence-electron chi connectivity index (χ3n) is 4.77. The van der Waals surface area contributed by atoms with Gasteiger partial charge in [-0.2, -0.15) is 0 Å². The molecule has 164 valence electrons. The van der Waals surface area contributed by atoms with E-state index in [1.54, 1.807) is 42.5 Å². The van der Waals surface area contributed by atoms with Gasteiger partial charge in [0, 0.05) is 27.4 Å². The van der Waals surface area contributed by atoms with E-state index in [9.17, 15) is 9.59 Å². The summed E-state index contributed by atoms with van der Waals surface area (Å²) in [7, 11) is 0. The van der Waals surface area contributed by atoms with Crippen molar-refractivity contribution in [3.63, 3.8) is 0 Å². The molecule has 0 unspecified atom stereocenters. The van der Waals surface area contributed by atoms with Gasteiger partial charge in [-0.1, -0.05) is 84.0 Å². The summed E-state index contributed by atoms with van der Waals surface area (Å²) in [5.41, 5.74) is 3.88. The molecule has 0 aliphatic carbocycles. The highest BCUT2D eigenvalue weighted by molar-refractivity contribution is 7.99. The van der Waals surface area contributed by atoms with Crippen LogP contribution in [0.2, 0.25) is 5.02 Å². The van der Waals surface area contributed by atoms with Crippen molar-refractivity contribution in [1.82, 2.24) is 9.97 Å². The van der Waals surface area contributed by atoms with Gasteiger partial charge < -0.3 is 5.32 Å². The molecule has 33 heavy (non-hydrogen) atoms. The molecule has 1 aromatic heterocycles. The Morgan fingerprint density at radius 1 is 0.909 bits per heavy atom. The van der Waals surface area contributed by atoms with Gasteiger partial charge in [0.2, 0.25) is 5.91 Å². The summed E-state index contributed by atoms with van der Waals surface area (Å²) >= 11 is 7.36. The molecule has 5 nitrogen and oxygen atoms in total. The molecule has 0 fully saturated rings. The third-order valence-corrected chi connectivity index (χ3v) is 5.85. The zero-order chi connectivity index (χ0) is 23.2. The number of nitrogens with zero attached hydrogens (tertiary/aromatic N) is 2. The number of anilines is 1. The highest BCUT2D eigenvalue weighted by atomic mass is 35.5. The first-order chi connectivity index (χ1) is 16.0. The molecule has 0 radical (unpaired) electrons. The lowest BCUT2D eigenvalue weighted by Crippen LogP contribution is -2.17. The lowest BCUT2D eigenvalue weighted by Gasteiger charge is -2.11. The standard InChI is InChI=1S/C26H20ClN3O2S/c1-17-14-23(18-8-4-2-5-9-18)30-26(28-17)33-16-24(31)29-22-13-12-20(27)15-21(22)25(32)19-10-6-3-7-11-19/h2-15H,16H2,1H3,(H,29,31). The summed E-state index contributed by atoms with van der Waals surface area (Å²) in [5.74, 6) is -0.384. The minimum atomic E-state index is -0.268. The smallest absolute Gasteiger partial charge is 0.234 e. The van der Waals surface area contributed by atoms with Crippen molar-refractivity contribution in [1.29, 1.82) is 0 Å². The second kappa shape index (κ2) is 10.4. The van der Waals surface area contributed by atoms with Crippen LogP contribution in [-0.2, 0) is 4.79 Å². The largest absolute Gasteiger partial charge is 0.325 e. The quantitative estimate of drug-likeness (QED) is 0.200. The predicted octanol–water partition coefficient (Wildman–Crippen LogP) is 6.07. The fourth-order valence-corrected chi connectivity index (χ4v) is 4.11. The van der Waals surface area contributed by atoms with Crippen molar-refractivity contribution in [2.24, 2.45) is 0 Å². The minimum absolute atomic E-state index is 0.0965. The zero-order valence-corrected chi connectivity index (χ0v) is 19.4. The highest BCUT2D eigenvalue weighted by Gasteiger charge is 2.16. The van der Waals surface area contributed by atoms with Gasteiger partial charge in [0.05, 0.1) is 17.1 Å². The van der Waals surface area contributed by atoms with Crippen molar-refractivity contribution >= 4 is 40.7 Å². The maximum atomic E-state index is 13.0. The summed E-state index contributed by atoms with van der Waals surface area (Å²) in [4.78, 5) is 34.7. The second-order valence-corrected chi connectivity index (χ2v) is 8.64. The normalized spacial score (nSPS) is 10.6. The summed E-state index contributed by atoms with van der Waals surface area (Å²) in [5, 5.41) is 3.76. The van der Waals surface area contributed by atoms with Crippen LogP contribution in [0.4, 0.5) is 5.69 Å². The molecule has 0 spiro atoms. The highest BCUT2D eigenvalue weighted by Crippen LogP contribution is 2.25. The molecule has 3 aromatic carbocycles. The first kappa shape index (κ1) is 22.7. The lowest BCUT2D eigenvalue weighted by atomic mass is 10.0. The molecular formula is C26H20ClN3O2S. The molecule has 0 atom stereocenters. The van der Waals surface area contributed by atoms with Gasteiger partial charge in [-0.05, 0) is 31.2 Å². The molecule has 4 rings (SSSR count). The minimum Gasteiger partial charge on any atom is -0.325 e. The predicted molar refractivity (Wildman–Crippen MR) is 133 cm³/mol. The fourth-order valence-electron chi connectivity index (χ4n) is 3.24. The molecule has 1 N–H and O–H groups in total. The van der Waals surface area contributed by atoms with Crippen LogP contribution >= 0.6 is 23.4 Å². The number of hydrogen-bond donors (Lipinski definition) is 1. The van der Waals surface area contributed by atoms with Crippen molar-refractivity contribution in [2.75, 3.05) is 11.1 Å². The van der Waals surface area contributed by atoms with Crippen LogP contribution in [0, 0.1) is 6.92 Å². The summed E-state index contributed by atoms with van der Waals surface area (Å²) in [6.07, 6.45) is 0. The Kier molecular flexibility index (Phi) is 7.17. The van der Waals surface area contributed by atoms with Crippen LogP contribution in [0.25, 0.3) is 11.3 Å². The van der Waals surface area contributed by atoms with E-state index in [2.05, 4.69) is 15.3 Å². The van der Waals surface area contributed by atoms with Crippen LogP contribution in [0.5, 0.6) is 0 Å². The number of rotatable bonds is 7. The molecule has 0 aliphatic heterocycles. The molecule has 0 aliphatic rings. The van der Waals surface area contributed by atoms with Crippen molar-refractivity contribution < 1.29 is 9.59 Å². The van der Waals surface area contributed by atoms with Crippen LogP contribution < -0.4 is 5.32 Å². The van der Waals surface area contributed by atoms with E-state index in [1.807, 2.05) is 49.4 Å². The molecular weight excluding hydrogens is 454 g/mol. The molecule has 0 saturated heterocycles. The van der Waals surface area contributed by atoms with E-state index in [4.69, 9.17) is 11.6 Å².